The summed E-state index contributed by atoms with van der Waals surface area (Å²) in [6.45, 7) is 5.03. The summed E-state index contributed by atoms with van der Waals surface area (Å²) in [5.41, 5.74) is 3.15. The molecule has 1 aromatic rings. The molecule has 0 radical (unpaired) electrons. The molecule has 6 nitrogen and oxygen atoms in total. The Morgan fingerprint density at radius 3 is 3.11 bits per heavy atom. The van der Waals surface area contributed by atoms with Crippen molar-refractivity contribution in [3.8, 4) is 0 Å². The van der Waals surface area contributed by atoms with Gasteiger partial charge in [-0.25, -0.2) is 14.3 Å². The monoisotopic (exact) mass is 369 g/mol. The van der Waals surface area contributed by atoms with Crippen molar-refractivity contribution in [2.75, 3.05) is 18.3 Å². The Kier molecular flexibility index (Phi) is 3.54. The summed E-state index contributed by atoms with van der Waals surface area (Å²) in [6, 6.07) is 4.70. The zero-order chi connectivity index (χ0) is 18.8. The predicted octanol–water partition coefficient (Wildman–Crippen LogP) is 2.37. The molecule has 7 heteroatoms. The van der Waals surface area contributed by atoms with Crippen LogP contribution in [-0.4, -0.2) is 42.6 Å². The number of hydroxylamine groups is 1. The van der Waals surface area contributed by atoms with Gasteiger partial charge in [0.05, 0.1) is 23.9 Å². The molecule has 0 saturated carbocycles. The van der Waals surface area contributed by atoms with E-state index in [0.29, 0.717) is 18.9 Å². The summed E-state index contributed by atoms with van der Waals surface area (Å²) in [7, 11) is 0. The number of nitrogens with one attached hydrogen (secondary N) is 1. The number of aliphatic imine (C=N–C) groups is 1. The third-order valence-corrected chi connectivity index (χ3v) is 5.32. The van der Waals surface area contributed by atoms with Crippen LogP contribution in [0.25, 0.3) is 5.57 Å². The molecular weight excluding hydrogens is 349 g/mol. The first kappa shape index (κ1) is 16.6. The average molecular weight is 369 g/mol. The summed E-state index contributed by atoms with van der Waals surface area (Å²) in [5.74, 6) is -0.462. The quantitative estimate of drug-likeness (QED) is 0.831. The Bertz CT molecular complexity index is 932. The first-order valence-electron chi connectivity index (χ1n) is 9.10. The second-order valence-electron chi connectivity index (χ2n) is 7.59. The lowest BCUT2D eigenvalue weighted by Crippen LogP contribution is -2.39. The number of benzene rings is 1. The number of fused-ring (bicyclic) bond motifs is 3. The summed E-state index contributed by atoms with van der Waals surface area (Å²) >= 11 is 0. The number of halogens is 1. The van der Waals surface area contributed by atoms with Crippen molar-refractivity contribution in [1.29, 1.82) is 0 Å². The lowest BCUT2D eigenvalue weighted by molar-refractivity contribution is -0.115. The first-order valence-corrected chi connectivity index (χ1v) is 9.10. The number of ether oxygens (including phenoxy) is 1. The van der Waals surface area contributed by atoms with Crippen molar-refractivity contribution in [3.05, 3.63) is 47.3 Å². The molecular formula is C20H20FN3O3. The highest BCUT2D eigenvalue weighted by Gasteiger charge is 2.50. The highest BCUT2D eigenvalue weighted by atomic mass is 19.1. The Hall–Kier alpha value is -2.51. The molecule has 0 spiro atoms. The number of rotatable bonds is 3. The van der Waals surface area contributed by atoms with Crippen molar-refractivity contribution in [1.82, 2.24) is 5.32 Å². The van der Waals surface area contributed by atoms with Crippen molar-refractivity contribution in [2.45, 2.75) is 38.1 Å². The van der Waals surface area contributed by atoms with E-state index in [1.54, 1.807) is 11.1 Å². The van der Waals surface area contributed by atoms with Gasteiger partial charge in [0.2, 0.25) is 6.23 Å². The number of carbonyl (C=O) groups is 1. The first-order chi connectivity index (χ1) is 12.9. The van der Waals surface area contributed by atoms with Crippen LogP contribution in [0.15, 0.2) is 40.9 Å². The van der Waals surface area contributed by atoms with Crippen LogP contribution in [-0.2, 0) is 14.4 Å². The number of anilines is 1. The highest BCUT2D eigenvalue weighted by molar-refractivity contribution is 6.46. The van der Waals surface area contributed by atoms with Crippen molar-refractivity contribution in [2.24, 2.45) is 4.99 Å². The molecule has 0 aliphatic carbocycles. The van der Waals surface area contributed by atoms with Gasteiger partial charge >= 0.3 is 0 Å². The van der Waals surface area contributed by atoms with E-state index in [0.717, 1.165) is 28.8 Å². The smallest absolute Gasteiger partial charge is 0.270 e. The Morgan fingerprint density at radius 2 is 2.33 bits per heavy atom. The molecule has 0 bridgehead atoms. The molecule has 27 heavy (non-hydrogen) atoms. The van der Waals surface area contributed by atoms with Crippen LogP contribution in [0.1, 0.15) is 25.8 Å². The summed E-state index contributed by atoms with van der Waals surface area (Å²) < 4.78 is 19.0. The summed E-state index contributed by atoms with van der Waals surface area (Å²) in [4.78, 5) is 22.8. The maximum absolute atomic E-state index is 13.7. The molecule has 1 aromatic carbocycles. The molecule has 4 heterocycles. The van der Waals surface area contributed by atoms with Gasteiger partial charge in [0, 0.05) is 17.7 Å². The van der Waals surface area contributed by atoms with Crippen LogP contribution in [0, 0.1) is 5.82 Å². The van der Waals surface area contributed by atoms with Gasteiger partial charge in [-0.2, -0.15) is 0 Å². The minimum absolute atomic E-state index is 0.0383. The maximum atomic E-state index is 13.7. The lowest BCUT2D eigenvalue weighted by Gasteiger charge is -2.15. The lowest BCUT2D eigenvalue weighted by atomic mass is 9.95. The zero-order valence-corrected chi connectivity index (χ0v) is 15.2. The van der Waals surface area contributed by atoms with E-state index in [1.165, 1.54) is 12.1 Å². The SMILES string of the molecule is CC1=CC(C)(/C=C2\c3cc(F)ccc3N3OC23)N=C1C(=O)N[C@@H]1CCOC1. The van der Waals surface area contributed by atoms with E-state index in [-0.39, 0.29) is 24.0 Å². The second kappa shape index (κ2) is 5.74. The van der Waals surface area contributed by atoms with E-state index < -0.39 is 5.54 Å². The zero-order valence-electron chi connectivity index (χ0n) is 15.2. The van der Waals surface area contributed by atoms with Gasteiger partial charge in [0.25, 0.3) is 5.91 Å². The van der Waals surface area contributed by atoms with E-state index >= 15 is 0 Å². The molecule has 140 valence electrons. The van der Waals surface area contributed by atoms with Crippen LogP contribution in [0.5, 0.6) is 0 Å². The van der Waals surface area contributed by atoms with Gasteiger partial charge < -0.3 is 10.1 Å². The van der Waals surface area contributed by atoms with Crippen molar-refractivity contribution in [3.63, 3.8) is 0 Å². The Labute approximate surface area is 156 Å². The van der Waals surface area contributed by atoms with Gasteiger partial charge in [0.15, 0.2) is 0 Å². The number of nitrogens with zero attached hydrogens (tertiary/aromatic N) is 2. The van der Waals surface area contributed by atoms with Gasteiger partial charge in [-0.05, 0) is 56.2 Å². The summed E-state index contributed by atoms with van der Waals surface area (Å²) in [5, 5.41) is 4.74. The van der Waals surface area contributed by atoms with Crippen molar-refractivity contribution >= 4 is 22.9 Å². The van der Waals surface area contributed by atoms with E-state index in [4.69, 9.17) is 9.57 Å². The van der Waals surface area contributed by atoms with Gasteiger partial charge in [0.1, 0.15) is 11.5 Å². The third kappa shape index (κ3) is 2.78. The molecule has 2 unspecified atom stereocenters. The largest absolute Gasteiger partial charge is 0.379 e. The fourth-order valence-corrected chi connectivity index (χ4v) is 4.05. The molecule has 3 atom stereocenters. The molecule has 4 aliphatic heterocycles. The topological polar surface area (TPSA) is 66.2 Å². The Morgan fingerprint density at radius 1 is 1.48 bits per heavy atom. The van der Waals surface area contributed by atoms with Gasteiger partial charge in [-0.15, -0.1) is 0 Å². The van der Waals surface area contributed by atoms with Crippen LogP contribution < -0.4 is 10.4 Å². The molecule has 1 amide bonds. The molecule has 1 N–H and O–H groups in total. The average Bonchev–Trinajstić information content (AvgIpc) is 2.95. The number of carbonyl (C=O) groups excluding carboxylic acids is 1. The van der Waals surface area contributed by atoms with Crippen LogP contribution in [0.2, 0.25) is 0 Å². The third-order valence-electron chi connectivity index (χ3n) is 5.32. The molecule has 2 fully saturated rings. The predicted molar refractivity (Wildman–Crippen MR) is 98.7 cm³/mol. The standard InChI is InChI=1S/C20H20FN3O3/c1-11-8-20(2,23-17(11)18(25)22-13-5-6-26-10-13)9-15-14-7-12(21)3-4-16(14)24-19(15)27-24/h3-4,7-9,13,19H,5-6,10H2,1-2H3,(H,22,25)/b15-9+/t13-,19?,20?,24?/m1/s1. The number of hydrogen-bond donors (Lipinski definition) is 1. The fraction of sp³-hybridized carbons (Fsp3) is 0.400. The van der Waals surface area contributed by atoms with E-state index in [1.807, 2.05) is 26.0 Å². The van der Waals surface area contributed by atoms with Crippen LogP contribution in [0.4, 0.5) is 10.1 Å². The van der Waals surface area contributed by atoms with Crippen molar-refractivity contribution < 1.29 is 18.8 Å². The van der Waals surface area contributed by atoms with E-state index in [2.05, 4.69) is 10.3 Å². The Balaban J connectivity index is 1.44. The van der Waals surface area contributed by atoms with Crippen LogP contribution in [0.3, 0.4) is 0 Å². The maximum Gasteiger partial charge on any atom is 0.270 e. The normalized spacial score (nSPS) is 32.3. The molecule has 5 rings (SSSR count). The van der Waals surface area contributed by atoms with Crippen LogP contribution >= 0.6 is 0 Å². The number of hydrogen-bond acceptors (Lipinski definition) is 5. The highest BCUT2D eigenvalue weighted by Crippen LogP contribution is 2.51. The molecule has 2 saturated heterocycles. The minimum Gasteiger partial charge on any atom is -0.379 e. The molecule has 0 aromatic heterocycles. The van der Waals surface area contributed by atoms with Gasteiger partial charge in [-0.1, -0.05) is 0 Å². The summed E-state index contributed by atoms with van der Waals surface area (Å²) in [6.07, 6.45) is 4.55. The minimum atomic E-state index is -0.677. The number of amides is 1. The van der Waals surface area contributed by atoms with Gasteiger partial charge in [-0.3, -0.25) is 9.79 Å². The second-order valence-corrected chi connectivity index (χ2v) is 7.59. The van der Waals surface area contributed by atoms with E-state index in [9.17, 15) is 9.18 Å². The molecule has 4 aliphatic rings. The fourth-order valence-electron chi connectivity index (χ4n) is 4.05.